The van der Waals surface area contributed by atoms with Crippen molar-refractivity contribution in [2.45, 2.75) is 19.5 Å². The van der Waals surface area contributed by atoms with Gasteiger partial charge in [0.2, 0.25) is 5.91 Å². The number of nitrogens with one attached hydrogen (secondary N) is 2. The summed E-state index contributed by atoms with van der Waals surface area (Å²) in [6.45, 7) is 1.32. The van der Waals surface area contributed by atoms with Crippen LogP contribution in [0.2, 0.25) is 0 Å². The van der Waals surface area contributed by atoms with E-state index < -0.39 is 0 Å². The number of benzene rings is 2. The first kappa shape index (κ1) is 19.0. The normalized spacial score (nSPS) is 10.2. The van der Waals surface area contributed by atoms with Crippen molar-refractivity contribution in [2.75, 3.05) is 13.6 Å². The van der Waals surface area contributed by atoms with Crippen LogP contribution in [-0.2, 0) is 17.9 Å². The average molecular weight is 404 g/mol. The van der Waals surface area contributed by atoms with E-state index in [1.807, 2.05) is 54.6 Å². The fourth-order valence-electron chi connectivity index (χ4n) is 2.27. The molecule has 0 aliphatic carbocycles. The Morgan fingerprint density at radius 3 is 2.32 bits per heavy atom. The van der Waals surface area contributed by atoms with Crippen LogP contribution >= 0.6 is 15.9 Å². The SMILES string of the molecule is CN(Cc1ccccc1)C(=O)CCNC(=O)NCc1ccc(Br)cc1. The number of rotatable bonds is 7. The van der Waals surface area contributed by atoms with Crippen LogP contribution in [0.15, 0.2) is 59.1 Å². The zero-order valence-corrected chi connectivity index (χ0v) is 15.8. The highest BCUT2D eigenvalue weighted by molar-refractivity contribution is 9.10. The molecule has 0 radical (unpaired) electrons. The van der Waals surface area contributed by atoms with E-state index in [1.54, 1.807) is 11.9 Å². The first-order valence-electron chi connectivity index (χ1n) is 8.08. The van der Waals surface area contributed by atoms with Gasteiger partial charge < -0.3 is 15.5 Å². The van der Waals surface area contributed by atoms with Gasteiger partial charge in [-0.3, -0.25) is 4.79 Å². The van der Waals surface area contributed by atoms with Gasteiger partial charge in [-0.25, -0.2) is 4.79 Å². The number of hydrogen-bond donors (Lipinski definition) is 2. The van der Waals surface area contributed by atoms with E-state index in [2.05, 4.69) is 26.6 Å². The minimum Gasteiger partial charge on any atom is -0.341 e. The number of hydrogen-bond acceptors (Lipinski definition) is 2. The molecule has 0 aromatic heterocycles. The molecule has 5 nitrogen and oxygen atoms in total. The molecule has 0 bridgehead atoms. The Hall–Kier alpha value is -2.34. The molecule has 0 saturated heterocycles. The van der Waals surface area contributed by atoms with Gasteiger partial charge in [-0.05, 0) is 23.3 Å². The van der Waals surface area contributed by atoms with Crippen LogP contribution < -0.4 is 10.6 Å². The summed E-state index contributed by atoms with van der Waals surface area (Å²) in [6.07, 6.45) is 0.273. The summed E-state index contributed by atoms with van der Waals surface area (Å²) in [4.78, 5) is 25.5. The first-order chi connectivity index (χ1) is 12.0. The molecule has 0 saturated carbocycles. The first-order valence-corrected chi connectivity index (χ1v) is 8.88. The van der Waals surface area contributed by atoms with Crippen LogP contribution in [0.5, 0.6) is 0 Å². The third-order valence-electron chi connectivity index (χ3n) is 3.68. The largest absolute Gasteiger partial charge is 0.341 e. The molecule has 2 rings (SSSR count). The van der Waals surface area contributed by atoms with Gasteiger partial charge in [0.25, 0.3) is 0 Å². The van der Waals surface area contributed by atoms with E-state index in [4.69, 9.17) is 0 Å². The fourth-order valence-corrected chi connectivity index (χ4v) is 2.53. The maximum atomic E-state index is 12.1. The van der Waals surface area contributed by atoms with Gasteiger partial charge in [0.1, 0.15) is 0 Å². The Kier molecular flexibility index (Phi) is 7.47. The van der Waals surface area contributed by atoms with E-state index >= 15 is 0 Å². The number of halogens is 1. The summed E-state index contributed by atoms with van der Waals surface area (Å²) in [7, 11) is 1.77. The maximum Gasteiger partial charge on any atom is 0.315 e. The standard InChI is InChI=1S/C19H22BrN3O2/c1-23(14-16-5-3-2-4-6-16)18(24)11-12-21-19(25)22-13-15-7-9-17(20)10-8-15/h2-10H,11-14H2,1H3,(H2,21,22,25). The number of urea groups is 1. The Bertz CT molecular complexity index is 690. The molecule has 0 heterocycles. The second kappa shape index (κ2) is 9.84. The monoisotopic (exact) mass is 403 g/mol. The van der Waals surface area contributed by atoms with E-state index in [9.17, 15) is 9.59 Å². The van der Waals surface area contributed by atoms with Crippen molar-refractivity contribution in [1.82, 2.24) is 15.5 Å². The van der Waals surface area contributed by atoms with Gasteiger partial charge in [-0.15, -0.1) is 0 Å². The Morgan fingerprint density at radius 2 is 1.64 bits per heavy atom. The number of carbonyl (C=O) groups is 2. The molecule has 3 amide bonds. The van der Waals surface area contributed by atoms with Crippen LogP contribution in [0.25, 0.3) is 0 Å². The second-order valence-electron chi connectivity index (χ2n) is 5.72. The van der Waals surface area contributed by atoms with Crippen LogP contribution in [0.3, 0.4) is 0 Å². The molecule has 0 aliphatic rings. The summed E-state index contributed by atoms with van der Waals surface area (Å²) >= 11 is 3.37. The Labute approximate surface area is 156 Å². The van der Waals surface area contributed by atoms with Crippen molar-refractivity contribution in [3.05, 3.63) is 70.2 Å². The van der Waals surface area contributed by atoms with Crippen molar-refractivity contribution in [2.24, 2.45) is 0 Å². The van der Waals surface area contributed by atoms with Gasteiger partial charge in [-0.2, -0.15) is 0 Å². The van der Waals surface area contributed by atoms with Crippen molar-refractivity contribution in [3.63, 3.8) is 0 Å². The molecule has 0 spiro atoms. The van der Waals surface area contributed by atoms with Gasteiger partial charge in [0, 0.05) is 37.6 Å². The topological polar surface area (TPSA) is 61.4 Å². The molecule has 2 aromatic carbocycles. The highest BCUT2D eigenvalue weighted by Crippen LogP contribution is 2.10. The molecule has 6 heteroatoms. The van der Waals surface area contributed by atoms with Crippen molar-refractivity contribution in [1.29, 1.82) is 0 Å². The maximum absolute atomic E-state index is 12.1. The molecule has 0 atom stereocenters. The minimum atomic E-state index is -0.276. The predicted molar refractivity (Wildman–Crippen MR) is 102 cm³/mol. The molecule has 0 aliphatic heterocycles. The van der Waals surface area contributed by atoms with E-state index in [0.29, 0.717) is 19.6 Å². The highest BCUT2D eigenvalue weighted by Gasteiger charge is 2.09. The lowest BCUT2D eigenvalue weighted by Crippen LogP contribution is -2.37. The third-order valence-corrected chi connectivity index (χ3v) is 4.21. The Morgan fingerprint density at radius 1 is 0.960 bits per heavy atom. The van der Waals surface area contributed by atoms with Gasteiger partial charge in [0.05, 0.1) is 0 Å². The van der Waals surface area contributed by atoms with Crippen LogP contribution in [0.4, 0.5) is 4.79 Å². The number of amides is 3. The zero-order chi connectivity index (χ0) is 18.1. The van der Waals surface area contributed by atoms with E-state index in [1.165, 1.54) is 0 Å². The van der Waals surface area contributed by atoms with E-state index in [0.717, 1.165) is 15.6 Å². The van der Waals surface area contributed by atoms with Crippen molar-refractivity contribution < 1.29 is 9.59 Å². The lowest BCUT2D eigenvalue weighted by molar-refractivity contribution is -0.130. The average Bonchev–Trinajstić information content (AvgIpc) is 2.62. The van der Waals surface area contributed by atoms with Crippen LogP contribution in [0, 0.1) is 0 Å². The molecule has 25 heavy (non-hydrogen) atoms. The number of carbonyl (C=O) groups excluding carboxylic acids is 2. The third kappa shape index (κ3) is 6.97. The second-order valence-corrected chi connectivity index (χ2v) is 6.64. The highest BCUT2D eigenvalue weighted by atomic mass is 79.9. The Balaban J connectivity index is 1.64. The minimum absolute atomic E-state index is 0.00272. The molecule has 132 valence electrons. The van der Waals surface area contributed by atoms with Gasteiger partial charge >= 0.3 is 6.03 Å². The predicted octanol–water partition coefficient (Wildman–Crippen LogP) is 3.30. The van der Waals surface area contributed by atoms with Crippen LogP contribution in [0.1, 0.15) is 17.5 Å². The fraction of sp³-hybridized carbons (Fsp3) is 0.263. The van der Waals surface area contributed by atoms with Gasteiger partial charge in [-0.1, -0.05) is 58.4 Å². The summed E-state index contributed by atoms with van der Waals surface area (Å²) in [5.74, 6) is -0.00272. The van der Waals surface area contributed by atoms with Crippen LogP contribution in [-0.4, -0.2) is 30.4 Å². The van der Waals surface area contributed by atoms with E-state index in [-0.39, 0.29) is 18.4 Å². The van der Waals surface area contributed by atoms with Crippen molar-refractivity contribution >= 4 is 27.9 Å². The summed E-state index contributed by atoms with van der Waals surface area (Å²) in [6, 6.07) is 17.3. The molecule has 2 N–H and O–H groups in total. The molecule has 0 unspecified atom stereocenters. The lowest BCUT2D eigenvalue weighted by atomic mass is 10.2. The molecular formula is C19H22BrN3O2. The lowest BCUT2D eigenvalue weighted by Gasteiger charge is -2.17. The molecule has 2 aromatic rings. The summed E-state index contributed by atoms with van der Waals surface area (Å²) in [5.41, 5.74) is 2.09. The number of nitrogens with zero attached hydrogens (tertiary/aromatic N) is 1. The summed E-state index contributed by atoms with van der Waals surface area (Å²) in [5, 5.41) is 5.48. The quantitative estimate of drug-likeness (QED) is 0.744. The van der Waals surface area contributed by atoms with Crippen molar-refractivity contribution in [3.8, 4) is 0 Å². The smallest absolute Gasteiger partial charge is 0.315 e. The molecule has 0 fully saturated rings. The summed E-state index contributed by atoms with van der Waals surface area (Å²) < 4.78 is 0.999. The molecular weight excluding hydrogens is 382 g/mol. The van der Waals surface area contributed by atoms with Gasteiger partial charge in [0.15, 0.2) is 0 Å². The zero-order valence-electron chi connectivity index (χ0n) is 14.2.